The van der Waals surface area contributed by atoms with E-state index in [2.05, 4.69) is 15.3 Å². The minimum Gasteiger partial charge on any atom is -0.508 e. The number of aryl methyl sites for hydroxylation is 1. The number of rotatable bonds is 6. The molecule has 10 nitrogen and oxygen atoms in total. The lowest BCUT2D eigenvalue weighted by Crippen LogP contribution is -2.37. The Morgan fingerprint density at radius 1 is 1.19 bits per heavy atom. The summed E-state index contributed by atoms with van der Waals surface area (Å²) < 4.78 is 5.42. The van der Waals surface area contributed by atoms with Gasteiger partial charge >= 0.3 is 5.97 Å². The van der Waals surface area contributed by atoms with Gasteiger partial charge in [0.25, 0.3) is 0 Å². The van der Waals surface area contributed by atoms with Crippen LogP contribution >= 0.6 is 0 Å². The Kier molecular flexibility index (Phi) is 7.52. The number of anilines is 2. The molecule has 1 aliphatic heterocycles. The van der Waals surface area contributed by atoms with Crippen LogP contribution in [0.15, 0.2) is 36.5 Å². The van der Waals surface area contributed by atoms with Gasteiger partial charge < -0.3 is 30.3 Å². The molecule has 0 unspecified atom stereocenters. The Bertz CT molecular complexity index is 976. The van der Waals surface area contributed by atoms with Crippen LogP contribution in [0.1, 0.15) is 16.2 Å². The number of aliphatic hydroxyl groups is 1. The number of carbonyl (C=O) groups is 1. The fourth-order valence-electron chi connectivity index (χ4n) is 3.00. The number of aromatic hydroxyl groups is 1. The first kappa shape index (κ1) is 22.2. The zero-order valence-electron chi connectivity index (χ0n) is 17.2. The third-order valence-corrected chi connectivity index (χ3v) is 4.55. The highest BCUT2D eigenvalue weighted by molar-refractivity contribution is 5.86. The summed E-state index contributed by atoms with van der Waals surface area (Å²) in [6.45, 7) is 4.06. The number of hydrogen-bond acceptors (Lipinski definition) is 9. The van der Waals surface area contributed by atoms with Crippen molar-refractivity contribution in [3.8, 4) is 17.0 Å². The maximum Gasteiger partial charge on any atom is 0.354 e. The van der Waals surface area contributed by atoms with Crippen LogP contribution in [-0.2, 0) is 4.74 Å². The molecule has 0 spiro atoms. The van der Waals surface area contributed by atoms with E-state index in [0.29, 0.717) is 54.9 Å². The minimum atomic E-state index is -1.21. The Morgan fingerprint density at radius 2 is 1.90 bits per heavy atom. The van der Waals surface area contributed by atoms with Crippen LogP contribution in [-0.4, -0.2) is 75.7 Å². The van der Waals surface area contributed by atoms with Crippen molar-refractivity contribution in [3.63, 3.8) is 0 Å². The summed E-state index contributed by atoms with van der Waals surface area (Å²) in [6.07, 6.45) is 1.47. The highest BCUT2D eigenvalue weighted by Crippen LogP contribution is 2.23. The fourth-order valence-corrected chi connectivity index (χ4v) is 3.00. The smallest absolute Gasteiger partial charge is 0.354 e. The van der Waals surface area contributed by atoms with E-state index in [0.717, 1.165) is 0 Å². The fraction of sp³-hybridized carbons (Fsp3) is 0.333. The van der Waals surface area contributed by atoms with Crippen molar-refractivity contribution in [2.45, 2.75) is 6.92 Å². The number of hydrogen-bond donors (Lipinski definition) is 4. The average Bonchev–Trinajstić information content (AvgIpc) is 2.77. The molecule has 164 valence electrons. The topological polar surface area (TPSA) is 141 Å². The van der Waals surface area contributed by atoms with E-state index in [1.165, 1.54) is 24.4 Å². The lowest BCUT2D eigenvalue weighted by molar-refractivity contribution is 0.0690. The molecule has 0 saturated carbocycles. The van der Waals surface area contributed by atoms with E-state index >= 15 is 0 Å². The van der Waals surface area contributed by atoms with Crippen LogP contribution in [0.3, 0.4) is 0 Å². The summed E-state index contributed by atoms with van der Waals surface area (Å²) in [5, 5.41) is 31.3. The molecule has 0 atom stereocenters. The number of phenols is 1. The monoisotopic (exact) mass is 427 g/mol. The lowest BCUT2D eigenvalue weighted by Gasteiger charge is -2.26. The zero-order valence-corrected chi connectivity index (χ0v) is 17.2. The lowest BCUT2D eigenvalue weighted by atomic mass is 10.1. The molecule has 1 aromatic carbocycles. The van der Waals surface area contributed by atoms with Crippen LogP contribution in [0.25, 0.3) is 11.3 Å². The van der Waals surface area contributed by atoms with Gasteiger partial charge in [0.05, 0.1) is 43.1 Å². The molecule has 1 aliphatic rings. The molecule has 1 saturated heterocycles. The van der Waals surface area contributed by atoms with Gasteiger partial charge in [0.15, 0.2) is 5.69 Å². The van der Waals surface area contributed by atoms with Crippen LogP contribution in [0, 0.1) is 6.92 Å². The number of morpholine rings is 1. The first-order valence-electron chi connectivity index (χ1n) is 9.82. The number of ether oxygens (including phenoxy) is 1. The number of aliphatic hydroxyl groups excluding tert-OH is 1. The first-order valence-corrected chi connectivity index (χ1v) is 9.82. The van der Waals surface area contributed by atoms with Gasteiger partial charge in [0.2, 0.25) is 5.95 Å². The maximum atomic E-state index is 11.8. The molecule has 1 aromatic heterocycles. The standard InChI is InChI=1S/C21H25N5O5/c1-14-19(15-2-4-17(28)5-3-15)25-21(26-7-10-31-11-8-26)23-13-16(22-6-9-27)12-18(24-14)20(29)30/h2-5,12-13,22,27-28H,6-11H2,1H3,(H,29,30). The number of carboxylic acids is 1. The van der Waals surface area contributed by atoms with Crippen molar-refractivity contribution >= 4 is 17.6 Å². The molecule has 1 fully saturated rings. The van der Waals surface area contributed by atoms with Crippen LogP contribution < -0.4 is 10.2 Å². The van der Waals surface area contributed by atoms with Crippen molar-refractivity contribution in [2.24, 2.45) is 0 Å². The number of carboxylic acid groups (broad SMARTS) is 1. The van der Waals surface area contributed by atoms with E-state index in [1.54, 1.807) is 19.1 Å². The highest BCUT2D eigenvalue weighted by Gasteiger charge is 2.15. The Morgan fingerprint density at radius 3 is 2.55 bits per heavy atom. The van der Waals surface area contributed by atoms with Crippen LogP contribution in [0.5, 0.6) is 5.75 Å². The normalized spacial score (nSPS) is 13.4. The minimum absolute atomic E-state index is 0.106. The summed E-state index contributed by atoms with van der Waals surface area (Å²) in [5.74, 6) is -0.676. The van der Waals surface area contributed by atoms with Gasteiger partial charge in [0, 0.05) is 25.2 Å². The second-order valence-corrected chi connectivity index (χ2v) is 6.80. The largest absolute Gasteiger partial charge is 0.508 e. The Balaban J connectivity index is 2.27. The van der Waals surface area contributed by atoms with Crippen molar-refractivity contribution in [3.05, 3.63) is 47.9 Å². The predicted molar refractivity (Wildman–Crippen MR) is 115 cm³/mol. The molecular formula is C21H25N5O5. The predicted octanol–water partition coefficient (Wildman–Crippen LogP) is 1.62. The van der Waals surface area contributed by atoms with Gasteiger partial charge in [-0.05, 0) is 37.3 Å². The zero-order chi connectivity index (χ0) is 22.2. The number of aromatic carboxylic acids is 1. The van der Waals surface area contributed by atoms with Gasteiger partial charge in [-0.25, -0.2) is 19.7 Å². The molecule has 4 N–H and O–H groups in total. The molecular weight excluding hydrogens is 402 g/mol. The van der Waals surface area contributed by atoms with Crippen LogP contribution in [0.2, 0.25) is 0 Å². The second-order valence-electron chi connectivity index (χ2n) is 6.80. The van der Waals surface area contributed by atoms with E-state index in [-0.39, 0.29) is 24.6 Å². The third kappa shape index (κ3) is 6.00. The highest BCUT2D eigenvalue weighted by atomic mass is 16.5. The SMILES string of the molecule is Cc1nc(C(=O)O)cc(NCCO)cnc(N2CCOCC2)nc1-c1ccc(O)cc1. The van der Waals surface area contributed by atoms with E-state index in [4.69, 9.17) is 14.8 Å². The molecule has 0 aliphatic carbocycles. The molecule has 2 aromatic rings. The molecule has 0 radical (unpaired) electrons. The molecule has 31 heavy (non-hydrogen) atoms. The maximum absolute atomic E-state index is 11.8. The molecule has 2 heterocycles. The van der Waals surface area contributed by atoms with Crippen LogP contribution in [0.4, 0.5) is 11.6 Å². The molecule has 0 amide bonds. The molecule has 0 bridgehead atoms. The number of benzene rings is 1. The van der Waals surface area contributed by atoms with Gasteiger partial charge in [-0.15, -0.1) is 0 Å². The number of phenolic OH excluding ortho intramolecular Hbond substituents is 1. The van der Waals surface area contributed by atoms with E-state index in [9.17, 15) is 15.0 Å². The van der Waals surface area contributed by atoms with Gasteiger partial charge in [0.1, 0.15) is 5.75 Å². The molecule has 3 rings (SSSR count). The summed E-state index contributed by atoms with van der Waals surface area (Å²) in [5.41, 5.74) is 1.66. The third-order valence-electron chi connectivity index (χ3n) is 4.55. The van der Waals surface area contributed by atoms with E-state index in [1.807, 2.05) is 4.90 Å². The molecule has 10 heteroatoms. The van der Waals surface area contributed by atoms with Gasteiger partial charge in [-0.2, -0.15) is 0 Å². The number of aromatic nitrogens is 3. The van der Waals surface area contributed by atoms with Crippen molar-refractivity contribution in [1.82, 2.24) is 15.0 Å². The summed E-state index contributed by atoms with van der Waals surface area (Å²) in [4.78, 5) is 27.3. The average molecular weight is 427 g/mol. The quantitative estimate of drug-likeness (QED) is 0.537. The summed E-state index contributed by atoms with van der Waals surface area (Å²) in [6, 6.07) is 7.79. The Labute approximate surface area is 179 Å². The van der Waals surface area contributed by atoms with Crippen molar-refractivity contribution in [1.29, 1.82) is 0 Å². The van der Waals surface area contributed by atoms with Crippen molar-refractivity contribution in [2.75, 3.05) is 49.7 Å². The summed E-state index contributed by atoms with van der Waals surface area (Å²) >= 11 is 0. The second kappa shape index (κ2) is 10.5. The van der Waals surface area contributed by atoms with Gasteiger partial charge in [-0.1, -0.05) is 0 Å². The van der Waals surface area contributed by atoms with Gasteiger partial charge in [-0.3, -0.25) is 0 Å². The number of nitrogens with one attached hydrogen (secondary N) is 1. The summed E-state index contributed by atoms with van der Waals surface area (Å²) in [7, 11) is 0. The number of nitrogens with zero attached hydrogens (tertiary/aromatic N) is 4. The Hall–Kier alpha value is -3.50. The first-order chi connectivity index (χ1) is 15.0. The van der Waals surface area contributed by atoms with E-state index < -0.39 is 5.97 Å². The van der Waals surface area contributed by atoms with Crippen molar-refractivity contribution < 1.29 is 24.9 Å².